The molecule has 7 nitrogen and oxygen atoms in total. The molecular formula is C13H11ClN2O5S. The molecule has 0 aromatic carbocycles. The van der Waals surface area contributed by atoms with E-state index in [4.69, 9.17) is 21.1 Å². The number of furan rings is 1. The third-order valence-electron chi connectivity index (χ3n) is 3.41. The van der Waals surface area contributed by atoms with Crippen molar-refractivity contribution in [2.75, 3.05) is 0 Å². The molecule has 0 bridgehead atoms. The molecule has 1 aliphatic carbocycles. The van der Waals surface area contributed by atoms with E-state index in [-0.39, 0.29) is 5.15 Å². The Morgan fingerprint density at radius 2 is 2.18 bits per heavy atom. The number of nitrogens with zero attached hydrogens (tertiary/aromatic N) is 1. The van der Waals surface area contributed by atoms with Crippen molar-refractivity contribution in [2.24, 2.45) is 0 Å². The zero-order valence-electron chi connectivity index (χ0n) is 11.1. The van der Waals surface area contributed by atoms with Crippen LogP contribution in [-0.4, -0.2) is 24.5 Å². The Kier molecular flexibility index (Phi) is 3.67. The van der Waals surface area contributed by atoms with Gasteiger partial charge in [0.1, 0.15) is 10.7 Å². The molecule has 1 atom stereocenters. The summed E-state index contributed by atoms with van der Waals surface area (Å²) in [6, 6.07) is 3.97. The summed E-state index contributed by atoms with van der Waals surface area (Å²) in [5.41, 5.74) is 1.05. The van der Waals surface area contributed by atoms with E-state index in [1.54, 1.807) is 12.1 Å². The number of carboxylic acid groups (broad SMARTS) is 1. The van der Waals surface area contributed by atoms with Crippen LogP contribution in [0.1, 0.15) is 34.1 Å². The van der Waals surface area contributed by atoms with Crippen LogP contribution < -0.4 is 4.72 Å². The summed E-state index contributed by atoms with van der Waals surface area (Å²) in [5, 5.41) is 8.65. The topological polar surface area (TPSA) is 109 Å². The average Bonchev–Trinajstić information content (AvgIpc) is 3.06. The van der Waals surface area contributed by atoms with E-state index in [1.807, 2.05) is 0 Å². The number of carboxylic acids is 1. The second-order valence-corrected chi connectivity index (χ2v) is 6.82. The molecule has 1 aliphatic rings. The van der Waals surface area contributed by atoms with Gasteiger partial charge in [-0.15, -0.1) is 0 Å². The van der Waals surface area contributed by atoms with Gasteiger partial charge in [0.05, 0.1) is 18.0 Å². The van der Waals surface area contributed by atoms with Gasteiger partial charge in [-0.1, -0.05) is 17.7 Å². The molecule has 3 rings (SSSR count). The van der Waals surface area contributed by atoms with Crippen LogP contribution in [-0.2, 0) is 16.4 Å². The molecule has 2 heterocycles. The molecule has 0 saturated heterocycles. The Labute approximate surface area is 131 Å². The van der Waals surface area contributed by atoms with Crippen LogP contribution in [0.5, 0.6) is 0 Å². The minimum atomic E-state index is -4.11. The fraction of sp³-hybridized carbons (Fsp3) is 0.231. The summed E-state index contributed by atoms with van der Waals surface area (Å²) in [6.45, 7) is 0. The van der Waals surface area contributed by atoms with Gasteiger partial charge in [-0.05, 0) is 30.5 Å². The normalized spacial score (nSPS) is 17.4. The summed E-state index contributed by atoms with van der Waals surface area (Å²) in [4.78, 5) is 15.2. The molecule has 0 spiro atoms. The minimum Gasteiger partial charge on any atom is -0.478 e. The van der Waals surface area contributed by atoms with E-state index in [0.29, 0.717) is 18.5 Å². The van der Waals surface area contributed by atoms with Crippen LogP contribution in [0, 0.1) is 0 Å². The van der Waals surface area contributed by atoms with Gasteiger partial charge in [-0.2, -0.15) is 4.72 Å². The van der Waals surface area contributed by atoms with Gasteiger partial charge >= 0.3 is 5.97 Å². The first-order valence-corrected chi connectivity index (χ1v) is 8.23. The van der Waals surface area contributed by atoms with E-state index in [1.165, 1.54) is 0 Å². The van der Waals surface area contributed by atoms with E-state index >= 15 is 0 Å². The van der Waals surface area contributed by atoms with Gasteiger partial charge in [0.2, 0.25) is 5.09 Å². The third-order valence-corrected chi connectivity index (χ3v) is 5.02. The van der Waals surface area contributed by atoms with Crippen molar-refractivity contribution in [3.05, 3.63) is 46.4 Å². The van der Waals surface area contributed by atoms with Crippen LogP contribution in [0.2, 0.25) is 5.15 Å². The van der Waals surface area contributed by atoms with E-state index in [9.17, 15) is 13.2 Å². The van der Waals surface area contributed by atoms with Crippen molar-refractivity contribution in [1.29, 1.82) is 0 Å². The molecule has 116 valence electrons. The number of halogens is 1. The van der Waals surface area contributed by atoms with Gasteiger partial charge in [-0.25, -0.2) is 18.2 Å². The quantitative estimate of drug-likeness (QED) is 0.822. The van der Waals surface area contributed by atoms with Crippen molar-refractivity contribution < 1.29 is 22.7 Å². The number of rotatable bonds is 4. The number of nitrogens with one attached hydrogen (secondary N) is 1. The van der Waals surface area contributed by atoms with Crippen molar-refractivity contribution in [3.8, 4) is 0 Å². The molecule has 0 aliphatic heterocycles. The predicted octanol–water partition coefficient (Wildman–Crippen LogP) is 1.99. The highest BCUT2D eigenvalue weighted by molar-refractivity contribution is 7.89. The number of sulfonamides is 1. The standard InChI is InChI=1S/C13H11ClN2O5S/c14-10-4-2-7-1-3-9(11(7)15-10)16-22(19,20)13-8(12(17)18)5-6-21-13/h2,4-6,9,16H,1,3H2,(H,17,18). The number of carbonyl (C=O) groups is 1. The Morgan fingerprint density at radius 3 is 2.91 bits per heavy atom. The molecule has 0 saturated carbocycles. The molecule has 0 radical (unpaired) electrons. The summed E-state index contributed by atoms with van der Waals surface area (Å²) in [7, 11) is -4.11. The Hall–Kier alpha value is -1.90. The molecular weight excluding hydrogens is 332 g/mol. The lowest BCUT2D eigenvalue weighted by molar-refractivity contribution is 0.0689. The zero-order chi connectivity index (χ0) is 15.9. The van der Waals surface area contributed by atoms with E-state index in [0.717, 1.165) is 17.9 Å². The predicted molar refractivity (Wildman–Crippen MR) is 76.3 cm³/mol. The Bertz CT molecular complexity index is 846. The maximum absolute atomic E-state index is 12.3. The summed E-state index contributed by atoms with van der Waals surface area (Å²) >= 11 is 5.84. The smallest absolute Gasteiger partial charge is 0.340 e. The number of hydrogen-bond acceptors (Lipinski definition) is 5. The maximum Gasteiger partial charge on any atom is 0.340 e. The third kappa shape index (κ3) is 2.60. The highest BCUT2D eigenvalue weighted by Gasteiger charge is 2.33. The molecule has 2 N–H and O–H groups in total. The van der Waals surface area contributed by atoms with Crippen molar-refractivity contribution in [3.63, 3.8) is 0 Å². The highest BCUT2D eigenvalue weighted by atomic mass is 35.5. The first-order valence-electron chi connectivity index (χ1n) is 6.37. The molecule has 1 unspecified atom stereocenters. The number of pyridine rings is 1. The van der Waals surface area contributed by atoms with Gasteiger partial charge in [0, 0.05) is 0 Å². The average molecular weight is 343 g/mol. The molecule has 0 fully saturated rings. The number of aromatic nitrogens is 1. The van der Waals surface area contributed by atoms with Gasteiger partial charge in [0.15, 0.2) is 0 Å². The molecule has 9 heteroatoms. The first-order chi connectivity index (χ1) is 10.4. The molecule has 2 aromatic rings. The first kappa shape index (κ1) is 15.0. The number of fused-ring (bicyclic) bond motifs is 1. The fourth-order valence-corrected chi connectivity index (χ4v) is 3.94. The second-order valence-electron chi connectivity index (χ2n) is 4.82. The van der Waals surface area contributed by atoms with Gasteiger partial charge in [0.25, 0.3) is 10.0 Å². The highest BCUT2D eigenvalue weighted by Crippen LogP contribution is 2.32. The summed E-state index contributed by atoms with van der Waals surface area (Å²) in [6.07, 6.45) is 2.21. The number of aromatic carboxylic acids is 1. The maximum atomic E-state index is 12.3. The Balaban J connectivity index is 1.93. The van der Waals surface area contributed by atoms with Crippen LogP contribution in [0.3, 0.4) is 0 Å². The zero-order valence-corrected chi connectivity index (χ0v) is 12.7. The van der Waals surface area contributed by atoms with Crippen molar-refractivity contribution >= 4 is 27.6 Å². The van der Waals surface area contributed by atoms with Crippen LogP contribution >= 0.6 is 11.6 Å². The monoisotopic (exact) mass is 342 g/mol. The Morgan fingerprint density at radius 1 is 1.41 bits per heavy atom. The summed E-state index contributed by atoms with van der Waals surface area (Å²) < 4.78 is 31.9. The summed E-state index contributed by atoms with van der Waals surface area (Å²) in [5.74, 6) is -1.37. The largest absolute Gasteiger partial charge is 0.478 e. The van der Waals surface area contributed by atoms with Crippen LogP contribution in [0.4, 0.5) is 0 Å². The number of aryl methyl sites for hydroxylation is 1. The lowest BCUT2D eigenvalue weighted by atomic mass is 10.2. The van der Waals surface area contributed by atoms with Crippen LogP contribution in [0.25, 0.3) is 0 Å². The van der Waals surface area contributed by atoms with Gasteiger partial charge < -0.3 is 9.52 Å². The lowest BCUT2D eigenvalue weighted by Gasteiger charge is -2.12. The minimum absolute atomic E-state index is 0.272. The second kappa shape index (κ2) is 5.38. The lowest BCUT2D eigenvalue weighted by Crippen LogP contribution is -2.28. The van der Waals surface area contributed by atoms with E-state index in [2.05, 4.69) is 9.71 Å². The molecule has 2 aromatic heterocycles. The van der Waals surface area contributed by atoms with Crippen molar-refractivity contribution in [2.45, 2.75) is 24.0 Å². The van der Waals surface area contributed by atoms with E-state index < -0.39 is 32.7 Å². The SMILES string of the molecule is O=C(O)c1ccoc1S(=O)(=O)NC1CCc2ccc(Cl)nc21. The van der Waals surface area contributed by atoms with Gasteiger partial charge in [-0.3, -0.25) is 0 Å². The van der Waals surface area contributed by atoms with Crippen LogP contribution in [0.15, 0.2) is 34.0 Å². The fourth-order valence-electron chi connectivity index (χ4n) is 2.45. The number of hydrogen-bond donors (Lipinski definition) is 2. The molecule has 22 heavy (non-hydrogen) atoms. The molecule has 0 amide bonds. The van der Waals surface area contributed by atoms with Crippen molar-refractivity contribution in [1.82, 2.24) is 9.71 Å².